The van der Waals surface area contributed by atoms with Crippen molar-refractivity contribution in [3.63, 3.8) is 0 Å². The van der Waals surface area contributed by atoms with E-state index in [4.69, 9.17) is 0 Å². The topological polar surface area (TPSA) is 42.0 Å². The minimum Gasteiger partial charge on any atom is -0.326 e. The lowest BCUT2D eigenvalue weighted by Crippen LogP contribution is -2.23. The molecule has 0 saturated heterocycles. The van der Waals surface area contributed by atoms with Gasteiger partial charge < -0.3 is 5.32 Å². The van der Waals surface area contributed by atoms with Crippen molar-refractivity contribution >= 4 is 33.1 Å². The number of nitrogens with zero attached hydrogens (tertiary/aromatic N) is 1. The lowest BCUT2D eigenvalue weighted by molar-refractivity contribution is -0.120. The third-order valence-electron chi connectivity index (χ3n) is 4.33. The lowest BCUT2D eigenvalue weighted by Gasteiger charge is -2.17. The summed E-state index contributed by atoms with van der Waals surface area (Å²) in [6, 6.07) is 16.1. The Kier molecular flexibility index (Phi) is 4.13. The molecule has 0 spiro atoms. The molecule has 4 rings (SSSR count). The van der Waals surface area contributed by atoms with Crippen LogP contribution in [0, 0.1) is 5.92 Å². The summed E-state index contributed by atoms with van der Waals surface area (Å²) in [6.45, 7) is 0. The van der Waals surface area contributed by atoms with E-state index in [1.807, 2.05) is 42.5 Å². The van der Waals surface area contributed by atoms with Gasteiger partial charge in [0.1, 0.15) is 5.01 Å². The third kappa shape index (κ3) is 3.10. The van der Waals surface area contributed by atoms with Gasteiger partial charge in [0, 0.05) is 17.2 Å². The average molecular weight is 334 g/mol. The van der Waals surface area contributed by atoms with E-state index in [2.05, 4.69) is 28.5 Å². The van der Waals surface area contributed by atoms with E-state index >= 15 is 0 Å². The molecule has 24 heavy (non-hydrogen) atoms. The molecule has 0 aliphatic heterocycles. The molecule has 1 amide bonds. The summed E-state index contributed by atoms with van der Waals surface area (Å²) >= 11 is 1.69. The molecule has 1 atom stereocenters. The molecule has 1 N–H and O–H groups in total. The van der Waals surface area contributed by atoms with Gasteiger partial charge in [-0.3, -0.25) is 4.79 Å². The van der Waals surface area contributed by atoms with Crippen molar-refractivity contribution in [3.05, 3.63) is 60.7 Å². The maximum atomic E-state index is 12.3. The first-order chi connectivity index (χ1) is 11.8. The summed E-state index contributed by atoms with van der Waals surface area (Å²) in [5.41, 5.74) is 2.95. The molecule has 0 saturated carbocycles. The Morgan fingerprint density at radius 2 is 1.92 bits per heavy atom. The third-order valence-corrected chi connectivity index (χ3v) is 5.42. The molecule has 1 heterocycles. The summed E-state index contributed by atoms with van der Waals surface area (Å²) in [7, 11) is 0. The van der Waals surface area contributed by atoms with Gasteiger partial charge in [0.05, 0.1) is 10.2 Å². The van der Waals surface area contributed by atoms with Crippen molar-refractivity contribution < 1.29 is 4.79 Å². The van der Waals surface area contributed by atoms with Crippen molar-refractivity contribution in [2.75, 3.05) is 5.32 Å². The molecule has 3 nitrogen and oxygen atoms in total. The summed E-state index contributed by atoms with van der Waals surface area (Å²) in [6.07, 6.45) is 7.02. The molecule has 0 bridgehead atoms. The molecule has 1 aliphatic carbocycles. The fraction of sp³-hybridized carbons (Fsp3) is 0.200. The number of fused-ring (bicyclic) bond motifs is 1. The first-order valence-corrected chi connectivity index (χ1v) is 9.03. The van der Waals surface area contributed by atoms with Crippen LogP contribution in [0.15, 0.2) is 60.7 Å². The largest absolute Gasteiger partial charge is 0.326 e. The fourth-order valence-electron chi connectivity index (χ4n) is 2.97. The van der Waals surface area contributed by atoms with Crippen LogP contribution in [0.25, 0.3) is 20.8 Å². The van der Waals surface area contributed by atoms with E-state index < -0.39 is 0 Å². The number of anilines is 1. The zero-order chi connectivity index (χ0) is 16.4. The number of amides is 1. The number of rotatable bonds is 3. The maximum Gasteiger partial charge on any atom is 0.227 e. The van der Waals surface area contributed by atoms with Gasteiger partial charge in [-0.15, -0.1) is 11.3 Å². The molecule has 2 aromatic carbocycles. The Balaban J connectivity index is 1.50. The Morgan fingerprint density at radius 1 is 1.08 bits per heavy atom. The van der Waals surface area contributed by atoms with Gasteiger partial charge >= 0.3 is 0 Å². The van der Waals surface area contributed by atoms with E-state index in [9.17, 15) is 4.79 Å². The molecule has 120 valence electrons. The SMILES string of the molecule is O=C(Nc1ccc(-c2nc3ccccc3s2)cc1)C1CC=CCC1. The summed E-state index contributed by atoms with van der Waals surface area (Å²) < 4.78 is 1.19. The molecular formula is C20H18N2OS. The minimum absolute atomic E-state index is 0.0962. The van der Waals surface area contributed by atoms with Gasteiger partial charge in [0.25, 0.3) is 0 Å². The average Bonchev–Trinajstić information content (AvgIpc) is 3.07. The highest BCUT2D eigenvalue weighted by atomic mass is 32.1. The van der Waals surface area contributed by atoms with Crippen LogP contribution in [-0.4, -0.2) is 10.9 Å². The van der Waals surface area contributed by atoms with Gasteiger partial charge in [-0.05, 0) is 55.7 Å². The van der Waals surface area contributed by atoms with E-state index in [-0.39, 0.29) is 11.8 Å². The second-order valence-corrected chi connectivity index (χ2v) is 7.07. The van der Waals surface area contributed by atoms with E-state index in [1.165, 1.54) is 4.70 Å². The molecule has 3 aromatic rings. The van der Waals surface area contributed by atoms with Crippen LogP contribution in [-0.2, 0) is 4.79 Å². The molecule has 1 aliphatic rings. The van der Waals surface area contributed by atoms with E-state index in [0.717, 1.165) is 41.0 Å². The van der Waals surface area contributed by atoms with Gasteiger partial charge in [-0.25, -0.2) is 4.98 Å². The van der Waals surface area contributed by atoms with Crippen LogP contribution in [0.2, 0.25) is 0 Å². The highest BCUT2D eigenvalue weighted by Gasteiger charge is 2.18. The van der Waals surface area contributed by atoms with Crippen molar-refractivity contribution in [2.24, 2.45) is 5.92 Å². The molecule has 0 radical (unpaired) electrons. The number of aromatic nitrogens is 1. The standard InChI is InChI=1S/C20H18N2OS/c23-19(14-6-2-1-3-7-14)21-16-12-10-15(11-13-16)20-22-17-8-4-5-9-18(17)24-20/h1-2,4-5,8-14H,3,6-7H2,(H,21,23). The Labute approximate surface area is 145 Å². The van der Waals surface area contributed by atoms with Crippen molar-refractivity contribution in [1.29, 1.82) is 0 Å². The van der Waals surface area contributed by atoms with Crippen molar-refractivity contribution in [3.8, 4) is 10.6 Å². The maximum absolute atomic E-state index is 12.3. The zero-order valence-electron chi connectivity index (χ0n) is 13.2. The highest BCUT2D eigenvalue weighted by molar-refractivity contribution is 7.21. The van der Waals surface area contributed by atoms with Crippen LogP contribution in [0.1, 0.15) is 19.3 Å². The number of carbonyl (C=O) groups is 1. The predicted octanol–water partition coefficient (Wildman–Crippen LogP) is 5.26. The zero-order valence-corrected chi connectivity index (χ0v) is 14.1. The second-order valence-electron chi connectivity index (χ2n) is 6.03. The van der Waals surface area contributed by atoms with Gasteiger partial charge in [0.2, 0.25) is 5.91 Å². The highest BCUT2D eigenvalue weighted by Crippen LogP contribution is 2.30. The van der Waals surface area contributed by atoms with E-state index in [1.54, 1.807) is 11.3 Å². The monoisotopic (exact) mass is 334 g/mol. The van der Waals surface area contributed by atoms with Gasteiger partial charge in [0.15, 0.2) is 0 Å². The Morgan fingerprint density at radius 3 is 2.67 bits per heavy atom. The number of thiazole rings is 1. The summed E-state index contributed by atoms with van der Waals surface area (Å²) in [5.74, 6) is 0.214. The normalized spacial score (nSPS) is 17.1. The van der Waals surface area contributed by atoms with Crippen molar-refractivity contribution in [2.45, 2.75) is 19.3 Å². The molecule has 0 fully saturated rings. The van der Waals surface area contributed by atoms with Crippen LogP contribution >= 0.6 is 11.3 Å². The molecular weight excluding hydrogens is 316 g/mol. The Bertz CT molecular complexity index is 862. The van der Waals surface area contributed by atoms with Crippen molar-refractivity contribution in [1.82, 2.24) is 4.98 Å². The minimum atomic E-state index is 0.0962. The molecule has 1 unspecified atom stereocenters. The first-order valence-electron chi connectivity index (χ1n) is 8.21. The quantitative estimate of drug-likeness (QED) is 0.664. The number of carbonyl (C=O) groups excluding carboxylic acids is 1. The summed E-state index contributed by atoms with van der Waals surface area (Å²) in [5, 5.41) is 4.03. The number of hydrogen-bond donors (Lipinski definition) is 1. The number of benzene rings is 2. The molecule has 4 heteroatoms. The predicted molar refractivity (Wildman–Crippen MR) is 100 cm³/mol. The number of para-hydroxylation sites is 1. The number of hydrogen-bond acceptors (Lipinski definition) is 3. The van der Waals surface area contributed by atoms with Crippen LogP contribution < -0.4 is 5.32 Å². The fourth-order valence-corrected chi connectivity index (χ4v) is 3.94. The first kappa shape index (κ1) is 15.1. The molecule has 1 aromatic heterocycles. The number of nitrogens with one attached hydrogen (secondary N) is 1. The van der Waals surface area contributed by atoms with E-state index in [0.29, 0.717) is 0 Å². The summed E-state index contributed by atoms with van der Waals surface area (Å²) in [4.78, 5) is 17.0. The Hall–Kier alpha value is -2.46. The van der Waals surface area contributed by atoms with Gasteiger partial charge in [-0.2, -0.15) is 0 Å². The smallest absolute Gasteiger partial charge is 0.227 e. The van der Waals surface area contributed by atoms with Gasteiger partial charge in [-0.1, -0.05) is 24.3 Å². The van der Waals surface area contributed by atoms with Crippen LogP contribution in [0.5, 0.6) is 0 Å². The second kappa shape index (κ2) is 6.57. The number of allylic oxidation sites excluding steroid dienone is 2. The van der Waals surface area contributed by atoms with Crippen LogP contribution in [0.4, 0.5) is 5.69 Å². The van der Waals surface area contributed by atoms with Crippen LogP contribution in [0.3, 0.4) is 0 Å². The lowest BCUT2D eigenvalue weighted by atomic mass is 9.93.